The van der Waals surface area contributed by atoms with Gasteiger partial charge in [0.2, 0.25) is 5.91 Å². The van der Waals surface area contributed by atoms with Gasteiger partial charge in [-0.25, -0.2) is 4.98 Å². The number of hydrogen-bond donors (Lipinski definition) is 1. The molecule has 0 bridgehead atoms. The van der Waals surface area contributed by atoms with Crippen LogP contribution in [0.15, 0.2) is 29.2 Å². The number of aromatic nitrogens is 2. The Balaban J connectivity index is 1.34. The number of rotatable bonds is 5. The number of fused-ring (bicyclic) bond motifs is 1. The van der Waals surface area contributed by atoms with E-state index in [4.69, 9.17) is 0 Å². The quantitative estimate of drug-likeness (QED) is 0.841. The summed E-state index contributed by atoms with van der Waals surface area (Å²) in [5.74, 6) is 0.139. The Labute approximate surface area is 152 Å². The van der Waals surface area contributed by atoms with Gasteiger partial charge in [0.1, 0.15) is 5.65 Å². The molecule has 1 N–H and O–H groups in total. The van der Waals surface area contributed by atoms with Gasteiger partial charge in [-0.15, -0.1) is 0 Å². The van der Waals surface area contributed by atoms with Crippen molar-refractivity contribution in [3.05, 3.63) is 46.0 Å². The van der Waals surface area contributed by atoms with E-state index in [9.17, 15) is 9.59 Å². The van der Waals surface area contributed by atoms with Crippen LogP contribution >= 0.6 is 0 Å². The SMILES string of the molecule is Cc1ccn2c(=O)cc(CN3CCN(CC(=O)NC4CC4)CC3)nc2c1. The second-order valence-electron chi connectivity index (χ2n) is 7.41. The van der Waals surface area contributed by atoms with Crippen molar-refractivity contribution in [3.63, 3.8) is 0 Å². The maximum absolute atomic E-state index is 12.3. The molecule has 1 aliphatic heterocycles. The number of nitrogens with zero attached hydrogens (tertiary/aromatic N) is 4. The van der Waals surface area contributed by atoms with Gasteiger partial charge in [0.05, 0.1) is 12.2 Å². The van der Waals surface area contributed by atoms with Crippen LogP contribution < -0.4 is 10.9 Å². The number of aryl methyl sites for hydroxylation is 1. The number of hydrogen-bond acceptors (Lipinski definition) is 5. The zero-order chi connectivity index (χ0) is 18.1. The van der Waals surface area contributed by atoms with Crippen molar-refractivity contribution in [2.75, 3.05) is 32.7 Å². The lowest BCUT2D eigenvalue weighted by atomic mass is 10.2. The predicted octanol–water partition coefficient (Wildman–Crippen LogP) is 0.399. The lowest BCUT2D eigenvalue weighted by Gasteiger charge is -2.34. The average Bonchev–Trinajstić information content (AvgIpc) is 3.40. The summed E-state index contributed by atoms with van der Waals surface area (Å²) in [6.07, 6.45) is 4.02. The van der Waals surface area contributed by atoms with E-state index in [0.717, 1.165) is 50.3 Å². The van der Waals surface area contributed by atoms with Crippen molar-refractivity contribution >= 4 is 11.6 Å². The molecular weight excluding hydrogens is 330 g/mol. The summed E-state index contributed by atoms with van der Waals surface area (Å²) in [5, 5.41) is 3.04. The minimum atomic E-state index is -0.0413. The minimum absolute atomic E-state index is 0.0413. The Morgan fingerprint density at radius 1 is 1.19 bits per heavy atom. The van der Waals surface area contributed by atoms with Gasteiger partial charge >= 0.3 is 0 Å². The summed E-state index contributed by atoms with van der Waals surface area (Å²) in [6.45, 7) is 6.64. The molecule has 1 saturated carbocycles. The van der Waals surface area contributed by atoms with E-state index in [2.05, 4.69) is 20.1 Å². The Morgan fingerprint density at radius 2 is 1.92 bits per heavy atom. The van der Waals surface area contributed by atoms with Crippen LogP contribution in [-0.2, 0) is 11.3 Å². The molecule has 3 heterocycles. The first-order valence-electron chi connectivity index (χ1n) is 9.30. The van der Waals surface area contributed by atoms with E-state index in [1.54, 1.807) is 16.7 Å². The molecule has 0 unspecified atom stereocenters. The van der Waals surface area contributed by atoms with E-state index >= 15 is 0 Å². The molecule has 1 amide bonds. The van der Waals surface area contributed by atoms with Crippen LogP contribution in [0.1, 0.15) is 24.1 Å². The molecule has 2 aliphatic rings. The standard InChI is InChI=1S/C19H25N5O2/c1-14-4-5-24-17(10-14)20-16(11-19(24)26)12-22-6-8-23(9-7-22)13-18(25)21-15-2-3-15/h4-5,10-11,15H,2-3,6-9,12-13H2,1H3,(H,21,25). The number of carbonyl (C=O) groups is 1. The highest BCUT2D eigenvalue weighted by Crippen LogP contribution is 2.18. The molecule has 2 aromatic rings. The fraction of sp³-hybridized carbons (Fsp3) is 0.526. The fourth-order valence-corrected chi connectivity index (χ4v) is 3.37. The summed E-state index contributed by atoms with van der Waals surface area (Å²) < 4.78 is 1.58. The van der Waals surface area contributed by atoms with Gasteiger partial charge in [-0.3, -0.25) is 23.8 Å². The number of pyridine rings is 1. The smallest absolute Gasteiger partial charge is 0.258 e. The van der Waals surface area contributed by atoms with Gasteiger partial charge in [-0.1, -0.05) is 0 Å². The largest absolute Gasteiger partial charge is 0.352 e. The van der Waals surface area contributed by atoms with Crippen molar-refractivity contribution < 1.29 is 4.79 Å². The first-order chi connectivity index (χ1) is 12.6. The van der Waals surface area contributed by atoms with Crippen molar-refractivity contribution in [2.24, 2.45) is 0 Å². The van der Waals surface area contributed by atoms with Crippen LogP contribution in [0, 0.1) is 6.92 Å². The maximum Gasteiger partial charge on any atom is 0.258 e. The molecule has 2 fully saturated rings. The van der Waals surface area contributed by atoms with Crippen molar-refractivity contribution in [1.29, 1.82) is 0 Å². The number of amides is 1. The van der Waals surface area contributed by atoms with Crippen LogP contribution in [0.4, 0.5) is 0 Å². The van der Waals surface area contributed by atoms with Crippen molar-refractivity contribution in [1.82, 2.24) is 24.5 Å². The van der Waals surface area contributed by atoms with Crippen molar-refractivity contribution in [2.45, 2.75) is 32.4 Å². The highest BCUT2D eigenvalue weighted by Gasteiger charge is 2.25. The fourth-order valence-electron chi connectivity index (χ4n) is 3.37. The topological polar surface area (TPSA) is 70.0 Å². The summed E-state index contributed by atoms with van der Waals surface area (Å²) in [7, 11) is 0. The zero-order valence-electron chi connectivity index (χ0n) is 15.1. The predicted molar refractivity (Wildman–Crippen MR) is 99.1 cm³/mol. The Kier molecular flexibility index (Phi) is 4.74. The summed E-state index contributed by atoms with van der Waals surface area (Å²) in [4.78, 5) is 33.3. The van der Waals surface area contributed by atoms with Crippen LogP contribution in [0.5, 0.6) is 0 Å². The number of carbonyl (C=O) groups excluding carboxylic acids is 1. The number of nitrogens with one attached hydrogen (secondary N) is 1. The van der Waals surface area contributed by atoms with Gasteiger partial charge in [0.25, 0.3) is 5.56 Å². The molecule has 1 saturated heterocycles. The zero-order valence-corrected chi connectivity index (χ0v) is 15.1. The minimum Gasteiger partial charge on any atom is -0.352 e. The molecule has 1 aliphatic carbocycles. The third-order valence-electron chi connectivity index (χ3n) is 5.04. The highest BCUT2D eigenvalue weighted by molar-refractivity contribution is 5.78. The first-order valence-corrected chi connectivity index (χ1v) is 9.30. The average molecular weight is 355 g/mol. The van der Waals surface area contributed by atoms with Gasteiger partial charge in [0, 0.05) is 51.0 Å². The van der Waals surface area contributed by atoms with E-state index < -0.39 is 0 Å². The van der Waals surface area contributed by atoms with E-state index in [1.807, 2.05) is 19.1 Å². The van der Waals surface area contributed by atoms with Gasteiger partial charge in [0.15, 0.2) is 0 Å². The molecule has 138 valence electrons. The second-order valence-corrected chi connectivity index (χ2v) is 7.41. The molecule has 0 radical (unpaired) electrons. The van der Waals surface area contributed by atoms with Crippen molar-refractivity contribution in [3.8, 4) is 0 Å². The Hall–Kier alpha value is -2.25. The van der Waals surface area contributed by atoms with Crippen LogP contribution in [0.25, 0.3) is 5.65 Å². The number of piperazine rings is 1. The third-order valence-corrected chi connectivity index (χ3v) is 5.04. The van der Waals surface area contributed by atoms with Crippen LogP contribution in [0.3, 0.4) is 0 Å². The third kappa shape index (κ3) is 4.11. The summed E-state index contributed by atoms with van der Waals surface area (Å²) in [5.41, 5.74) is 2.55. The molecule has 2 aromatic heterocycles. The molecule has 0 spiro atoms. The van der Waals surface area contributed by atoms with Gasteiger partial charge in [-0.05, 0) is 37.5 Å². The Bertz CT molecular complexity index is 866. The normalized spacial score (nSPS) is 19.0. The van der Waals surface area contributed by atoms with E-state index in [1.165, 1.54) is 0 Å². The summed E-state index contributed by atoms with van der Waals surface area (Å²) in [6, 6.07) is 5.89. The van der Waals surface area contributed by atoms with Crippen LogP contribution in [0.2, 0.25) is 0 Å². The highest BCUT2D eigenvalue weighted by atomic mass is 16.2. The van der Waals surface area contributed by atoms with E-state index in [-0.39, 0.29) is 11.5 Å². The lowest BCUT2D eigenvalue weighted by molar-refractivity contribution is -0.122. The molecule has 7 nitrogen and oxygen atoms in total. The van der Waals surface area contributed by atoms with Gasteiger partial charge in [-0.2, -0.15) is 0 Å². The molecule has 4 rings (SSSR count). The van der Waals surface area contributed by atoms with Gasteiger partial charge < -0.3 is 5.32 Å². The molecule has 26 heavy (non-hydrogen) atoms. The van der Waals surface area contributed by atoms with E-state index in [0.29, 0.717) is 24.8 Å². The second kappa shape index (κ2) is 7.17. The maximum atomic E-state index is 12.3. The lowest BCUT2D eigenvalue weighted by Crippen LogP contribution is -2.49. The molecule has 0 atom stereocenters. The Morgan fingerprint density at radius 3 is 2.65 bits per heavy atom. The molecule has 0 aromatic carbocycles. The monoisotopic (exact) mass is 355 g/mol. The molecular formula is C19H25N5O2. The first kappa shape index (κ1) is 17.2. The molecule has 7 heteroatoms. The van der Waals surface area contributed by atoms with Crippen LogP contribution in [-0.4, -0.2) is 63.9 Å². The summed E-state index contributed by atoms with van der Waals surface area (Å²) >= 11 is 0.